The molecule has 0 saturated carbocycles. The van der Waals surface area contributed by atoms with Gasteiger partial charge >= 0.3 is 5.97 Å². The van der Waals surface area contributed by atoms with Gasteiger partial charge in [-0.25, -0.2) is 0 Å². The van der Waals surface area contributed by atoms with E-state index in [2.05, 4.69) is 10.7 Å². The monoisotopic (exact) mass is 501 g/mol. The number of nitrogens with one attached hydrogen (secondary N) is 2. The van der Waals surface area contributed by atoms with E-state index in [-0.39, 0.29) is 18.5 Å². The predicted octanol–water partition coefficient (Wildman–Crippen LogP) is 1.40. The van der Waals surface area contributed by atoms with Gasteiger partial charge in [0.1, 0.15) is 11.5 Å². The maximum Gasteiger partial charge on any atom is 0.311 e. The van der Waals surface area contributed by atoms with E-state index in [4.69, 9.17) is 23.7 Å². The number of carbonyl (C=O) groups excluding carboxylic acids is 4. The largest absolute Gasteiger partial charge is 0.497 e. The van der Waals surface area contributed by atoms with E-state index in [0.717, 1.165) is 5.01 Å². The van der Waals surface area contributed by atoms with Crippen LogP contribution in [0.4, 0.5) is 5.69 Å². The van der Waals surface area contributed by atoms with Gasteiger partial charge in [-0.1, -0.05) is 0 Å². The number of ether oxygens (including phenoxy) is 5. The van der Waals surface area contributed by atoms with Crippen LogP contribution in [0.25, 0.3) is 0 Å². The van der Waals surface area contributed by atoms with Gasteiger partial charge in [0.25, 0.3) is 11.8 Å². The van der Waals surface area contributed by atoms with E-state index in [0.29, 0.717) is 28.7 Å². The summed E-state index contributed by atoms with van der Waals surface area (Å²) in [6.07, 6.45) is -0.168. The second-order valence-corrected chi connectivity index (χ2v) is 7.64. The second kappa shape index (κ2) is 11.8. The lowest BCUT2D eigenvalue weighted by Gasteiger charge is -2.18. The highest BCUT2D eigenvalue weighted by Gasteiger charge is 2.37. The molecule has 1 atom stereocenters. The number of hydrogen-bond donors (Lipinski definition) is 2. The number of rotatable bonds is 10. The fraction of sp³-hybridized carbons (Fsp3) is 0.333. The molecule has 1 fully saturated rings. The Kier molecular flexibility index (Phi) is 8.55. The Hall–Kier alpha value is -4.48. The molecule has 0 unspecified atom stereocenters. The van der Waals surface area contributed by atoms with Gasteiger partial charge in [0, 0.05) is 18.1 Å². The van der Waals surface area contributed by atoms with Crippen LogP contribution in [0.15, 0.2) is 36.4 Å². The smallest absolute Gasteiger partial charge is 0.311 e. The fourth-order valence-corrected chi connectivity index (χ4v) is 3.48. The number of benzene rings is 2. The average Bonchev–Trinajstić information content (AvgIpc) is 3.26. The highest BCUT2D eigenvalue weighted by atomic mass is 16.5. The van der Waals surface area contributed by atoms with Gasteiger partial charge in [-0.2, -0.15) is 0 Å². The van der Waals surface area contributed by atoms with E-state index in [1.54, 1.807) is 24.3 Å². The van der Waals surface area contributed by atoms with Crippen LogP contribution in [0.5, 0.6) is 23.0 Å². The lowest BCUT2D eigenvalue weighted by molar-refractivity contribution is -0.151. The maximum absolute atomic E-state index is 12.6. The molecule has 1 saturated heterocycles. The first kappa shape index (κ1) is 26.1. The Morgan fingerprint density at radius 1 is 0.917 bits per heavy atom. The molecule has 0 aromatic heterocycles. The SMILES string of the molecule is COc1ccc(NC(=O)COC(=O)[C@@H]2CC(=O)N(NC(=O)c3ccc(OC)c(OC)c3)C2)c(OC)c1. The van der Waals surface area contributed by atoms with Gasteiger partial charge in [0.15, 0.2) is 18.1 Å². The van der Waals surface area contributed by atoms with Gasteiger partial charge in [-0.05, 0) is 30.3 Å². The molecular weight excluding hydrogens is 474 g/mol. The highest BCUT2D eigenvalue weighted by molar-refractivity contribution is 5.97. The molecule has 192 valence electrons. The Balaban J connectivity index is 1.52. The molecule has 3 rings (SSSR count). The molecule has 12 heteroatoms. The topological polar surface area (TPSA) is 142 Å². The van der Waals surface area contributed by atoms with E-state index < -0.39 is 36.2 Å². The van der Waals surface area contributed by atoms with Crippen molar-refractivity contribution in [2.45, 2.75) is 6.42 Å². The van der Waals surface area contributed by atoms with Gasteiger partial charge < -0.3 is 29.0 Å². The van der Waals surface area contributed by atoms with Gasteiger partial charge in [0.05, 0.1) is 46.6 Å². The molecule has 2 aromatic rings. The number of hydrogen-bond acceptors (Lipinski definition) is 9. The van der Waals surface area contributed by atoms with Gasteiger partial charge in [-0.3, -0.25) is 29.6 Å². The van der Waals surface area contributed by atoms with Crippen LogP contribution in [-0.4, -0.2) is 70.3 Å². The molecule has 3 amide bonds. The summed E-state index contributed by atoms with van der Waals surface area (Å²) in [6.45, 7) is -0.651. The number of nitrogens with zero attached hydrogens (tertiary/aromatic N) is 1. The predicted molar refractivity (Wildman–Crippen MR) is 126 cm³/mol. The van der Waals surface area contributed by atoms with Crippen molar-refractivity contribution in [2.75, 3.05) is 46.9 Å². The first-order valence-corrected chi connectivity index (χ1v) is 10.8. The molecule has 0 spiro atoms. The fourth-order valence-electron chi connectivity index (χ4n) is 3.48. The van der Waals surface area contributed by atoms with Crippen molar-refractivity contribution >= 4 is 29.4 Å². The molecule has 1 heterocycles. The number of amides is 3. The Morgan fingerprint density at radius 2 is 1.64 bits per heavy atom. The van der Waals surface area contributed by atoms with E-state index in [1.165, 1.54) is 40.6 Å². The summed E-state index contributed by atoms with van der Waals surface area (Å²) in [5, 5.41) is 3.64. The normalized spacial score (nSPS) is 14.6. The minimum atomic E-state index is -0.841. The van der Waals surface area contributed by atoms with Crippen molar-refractivity contribution in [1.29, 1.82) is 0 Å². The van der Waals surface area contributed by atoms with Crippen molar-refractivity contribution in [3.63, 3.8) is 0 Å². The van der Waals surface area contributed by atoms with Crippen LogP contribution < -0.4 is 29.7 Å². The number of methoxy groups -OCH3 is 4. The average molecular weight is 501 g/mol. The zero-order valence-corrected chi connectivity index (χ0v) is 20.3. The first-order chi connectivity index (χ1) is 17.3. The Morgan fingerprint density at radius 3 is 2.31 bits per heavy atom. The lowest BCUT2D eigenvalue weighted by atomic mass is 10.1. The molecule has 36 heavy (non-hydrogen) atoms. The molecule has 2 N–H and O–H groups in total. The minimum absolute atomic E-state index is 0.0926. The maximum atomic E-state index is 12.6. The van der Waals surface area contributed by atoms with Crippen LogP contribution in [0.3, 0.4) is 0 Å². The van der Waals surface area contributed by atoms with Crippen LogP contribution >= 0.6 is 0 Å². The molecule has 0 bridgehead atoms. The third-order valence-corrected chi connectivity index (χ3v) is 5.37. The molecule has 1 aliphatic heterocycles. The van der Waals surface area contributed by atoms with Crippen LogP contribution in [-0.2, 0) is 19.1 Å². The summed E-state index contributed by atoms with van der Waals surface area (Å²) in [5.41, 5.74) is 3.08. The van der Waals surface area contributed by atoms with E-state index >= 15 is 0 Å². The zero-order chi connectivity index (χ0) is 26.2. The number of hydrazine groups is 1. The van der Waals surface area contributed by atoms with Crippen molar-refractivity contribution in [3.05, 3.63) is 42.0 Å². The second-order valence-electron chi connectivity index (χ2n) is 7.64. The number of anilines is 1. The molecule has 2 aromatic carbocycles. The Labute approximate surface area is 207 Å². The summed E-state index contributed by atoms with van der Waals surface area (Å²) < 4.78 is 25.7. The third kappa shape index (κ3) is 6.14. The first-order valence-electron chi connectivity index (χ1n) is 10.8. The van der Waals surface area contributed by atoms with Gasteiger partial charge in [-0.15, -0.1) is 0 Å². The van der Waals surface area contributed by atoms with Crippen LogP contribution in [0, 0.1) is 5.92 Å². The Bertz CT molecular complexity index is 1150. The number of carbonyl (C=O) groups is 4. The molecule has 1 aliphatic rings. The summed E-state index contributed by atoms with van der Waals surface area (Å²) in [7, 11) is 5.85. The molecular formula is C24H27N3O9. The van der Waals surface area contributed by atoms with Crippen molar-refractivity contribution < 1.29 is 42.9 Å². The number of esters is 1. The molecule has 12 nitrogen and oxygen atoms in total. The van der Waals surface area contributed by atoms with Crippen molar-refractivity contribution in [3.8, 4) is 23.0 Å². The summed E-state index contributed by atoms with van der Waals surface area (Å²) in [5.74, 6) is -1.47. The van der Waals surface area contributed by atoms with Crippen LogP contribution in [0.2, 0.25) is 0 Å². The quantitative estimate of drug-likeness (QED) is 0.462. The molecule has 0 radical (unpaired) electrons. The van der Waals surface area contributed by atoms with Crippen molar-refractivity contribution in [1.82, 2.24) is 10.4 Å². The minimum Gasteiger partial charge on any atom is -0.497 e. The van der Waals surface area contributed by atoms with E-state index in [1.807, 2.05) is 0 Å². The highest BCUT2D eigenvalue weighted by Crippen LogP contribution is 2.29. The van der Waals surface area contributed by atoms with Gasteiger partial charge in [0.2, 0.25) is 5.91 Å². The van der Waals surface area contributed by atoms with Crippen LogP contribution in [0.1, 0.15) is 16.8 Å². The summed E-state index contributed by atoms with van der Waals surface area (Å²) in [4.78, 5) is 49.6. The summed E-state index contributed by atoms with van der Waals surface area (Å²) >= 11 is 0. The van der Waals surface area contributed by atoms with Crippen molar-refractivity contribution in [2.24, 2.45) is 5.92 Å². The van der Waals surface area contributed by atoms with E-state index in [9.17, 15) is 19.2 Å². The summed E-state index contributed by atoms with van der Waals surface area (Å²) in [6, 6.07) is 9.37. The standard InChI is InChI=1S/C24H27N3O9/c1-32-16-6-7-17(19(11-16)34-3)25-21(28)13-36-24(31)15-10-22(29)27(12-15)26-23(30)14-5-8-18(33-2)20(9-14)35-4/h5-9,11,15H,10,12-13H2,1-4H3,(H,25,28)(H,26,30)/t15-/m1/s1. The third-order valence-electron chi connectivity index (χ3n) is 5.37. The zero-order valence-electron chi connectivity index (χ0n) is 20.3. The lowest BCUT2D eigenvalue weighted by Crippen LogP contribution is -2.43. The molecule has 0 aliphatic carbocycles.